The summed E-state index contributed by atoms with van der Waals surface area (Å²) in [7, 11) is 0. The Labute approximate surface area is 104 Å². The molecule has 1 aromatic rings. The molecule has 1 aromatic heterocycles. The first-order valence-electron chi connectivity index (χ1n) is 4.80. The van der Waals surface area contributed by atoms with Crippen LogP contribution < -0.4 is 10.6 Å². The van der Waals surface area contributed by atoms with Crippen LogP contribution in [-0.2, 0) is 4.79 Å². The molecular weight excluding hydrogens is 250 g/mol. The summed E-state index contributed by atoms with van der Waals surface area (Å²) in [6.07, 6.45) is 1.77. The molecule has 0 aromatic carbocycles. The number of carbonyl (C=O) groups excluding carboxylic acids is 1. The number of aromatic nitrogens is 1. The molecule has 7 heteroatoms. The van der Waals surface area contributed by atoms with Gasteiger partial charge in [-0.05, 0) is 13.3 Å². The normalized spacial score (nSPS) is 23.9. The lowest BCUT2D eigenvalue weighted by atomic mass is 10.2. The number of nitrogens with one attached hydrogen (secondary N) is 2. The van der Waals surface area contributed by atoms with Gasteiger partial charge >= 0.3 is 0 Å². The van der Waals surface area contributed by atoms with Crippen LogP contribution in [0.2, 0.25) is 0 Å². The SMILES string of the molecule is Cc1cnc(NC(=O)[C@H]2C[C@@H](O)CN2)s1.Cl. The number of thiazole rings is 1. The van der Waals surface area contributed by atoms with Crippen molar-refractivity contribution in [2.75, 3.05) is 11.9 Å². The van der Waals surface area contributed by atoms with E-state index in [1.54, 1.807) is 6.20 Å². The first-order valence-corrected chi connectivity index (χ1v) is 5.61. The minimum Gasteiger partial charge on any atom is -0.392 e. The molecule has 2 atom stereocenters. The fourth-order valence-corrected chi connectivity index (χ4v) is 2.19. The van der Waals surface area contributed by atoms with Gasteiger partial charge in [-0.2, -0.15) is 0 Å². The van der Waals surface area contributed by atoms with E-state index in [2.05, 4.69) is 15.6 Å². The van der Waals surface area contributed by atoms with Crippen LogP contribution in [0.25, 0.3) is 0 Å². The third-order valence-corrected chi connectivity index (χ3v) is 3.10. The summed E-state index contributed by atoms with van der Waals surface area (Å²) in [5.41, 5.74) is 0. The molecule has 1 aliphatic heterocycles. The van der Waals surface area contributed by atoms with E-state index in [1.165, 1.54) is 11.3 Å². The molecule has 0 bridgehead atoms. The molecule has 90 valence electrons. The van der Waals surface area contributed by atoms with Crippen molar-refractivity contribution in [3.8, 4) is 0 Å². The number of rotatable bonds is 2. The summed E-state index contributed by atoms with van der Waals surface area (Å²) in [6.45, 7) is 2.42. The fourth-order valence-electron chi connectivity index (χ4n) is 1.52. The number of aliphatic hydroxyl groups excluding tert-OH is 1. The summed E-state index contributed by atoms with van der Waals surface area (Å²) in [4.78, 5) is 16.8. The highest BCUT2D eigenvalue weighted by Gasteiger charge is 2.28. The molecular formula is C9H14ClN3O2S. The summed E-state index contributed by atoms with van der Waals surface area (Å²) >= 11 is 1.44. The lowest BCUT2D eigenvalue weighted by Gasteiger charge is -2.08. The molecule has 1 saturated heterocycles. The van der Waals surface area contributed by atoms with E-state index in [9.17, 15) is 9.90 Å². The Kier molecular flexibility index (Phi) is 4.67. The van der Waals surface area contributed by atoms with Crippen molar-refractivity contribution in [1.29, 1.82) is 0 Å². The molecule has 0 spiro atoms. The zero-order valence-electron chi connectivity index (χ0n) is 8.77. The van der Waals surface area contributed by atoms with Crippen molar-refractivity contribution >= 4 is 34.8 Å². The van der Waals surface area contributed by atoms with Crippen LogP contribution in [0.1, 0.15) is 11.3 Å². The third-order valence-electron chi connectivity index (χ3n) is 2.28. The average Bonchev–Trinajstić information content (AvgIpc) is 2.75. The molecule has 5 nitrogen and oxygen atoms in total. The van der Waals surface area contributed by atoms with Crippen molar-refractivity contribution < 1.29 is 9.90 Å². The second-order valence-corrected chi connectivity index (χ2v) is 4.85. The Balaban J connectivity index is 0.00000128. The Hall–Kier alpha value is -0.690. The minimum atomic E-state index is -0.418. The van der Waals surface area contributed by atoms with E-state index in [0.717, 1.165) is 4.88 Å². The van der Waals surface area contributed by atoms with Gasteiger partial charge in [-0.25, -0.2) is 4.98 Å². The average molecular weight is 264 g/mol. The zero-order valence-corrected chi connectivity index (χ0v) is 10.4. The van der Waals surface area contributed by atoms with E-state index in [4.69, 9.17) is 0 Å². The summed E-state index contributed by atoms with van der Waals surface area (Å²) in [5, 5.41) is 15.5. The molecule has 1 amide bonds. The molecule has 0 aliphatic carbocycles. The van der Waals surface area contributed by atoms with Crippen LogP contribution in [0.4, 0.5) is 5.13 Å². The van der Waals surface area contributed by atoms with Gasteiger partial charge in [-0.1, -0.05) is 0 Å². The predicted molar refractivity (Wildman–Crippen MR) is 65.1 cm³/mol. The van der Waals surface area contributed by atoms with Gasteiger partial charge in [0.1, 0.15) is 0 Å². The first kappa shape index (κ1) is 13.4. The van der Waals surface area contributed by atoms with Crippen molar-refractivity contribution in [2.45, 2.75) is 25.5 Å². The van der Waals surface area contributed by atoms with Gasteiger partial charge in [-0.15, -0.1) is 23.7 Å². The van der Waals surface area contributed by atoms with Gasteiger partial charge in [0.25, 0.3) is 0 Å². The standard InChI is InChI=1S/C9H13N3O2S.ClH/c1-5-3-11-9(15-5)12-8(14)7-2-6(13)4-10-7;/h3,6-7,10,13H,2,4H2,1H3,(H,11,12,14);1H/t6-,7-;/m1./s1. The minimum absolute atomic E-state index is 0. The zero-order chi connectivity index (χ0) is 10.8. The largest absolute Gasteiger partial charge is 0.392 e. The quantitative estimate of drug-likeness (QED) is 0.728. The van der Waals surface area contributed by atoms with Gasteiger partial charge in [0.05, 0.1) is 12.1 Å². The second-order valence-electron chi connectivity index (χ2n) is 3.62. The molecule has 2 heterocycles. The number of hydrogen-bond acceptors (Lipinski definition) is 5. The molecule has 0 saturated carbocycles. The number of aryl methyl sites for hydroxylation is 1. The van der Waals surface area contributed by atoms with Gasteiger partial charge in [0.15, 0.2) is 5.13 Å². The smallest absolute Gasteiger partial charge is 0.243 e. The van der Waals surface area contributed by atoms with Crippen LogP contribution >= 0.6 is 23.7 Å². The highest BCUT2D eigenvalue weighted by atomic mass is 35.5. The van der Waals surface area contributed by atoms with Crippen molar-refractivity contribution in [3.05, 3.63) is 11.1 Å². The maximum atomic E-state index is 11.7. The predicted octanol–water partition coefficient (Wildman–Crippen LogP) is 0.535. The van der Waals surface area contributed by atoms with Crippen molar-refractivity contribution in [2.24, 2.45) is 0 Å². The molecule has 3 N–H and O–H groups in total. The van der Waals surface area contributed by atoms with Crippen molar-refractivity contribution in [3.63, 3.8) is 0 Å². The Morgan fingerprint density at radius 2 is 2.50 bits per heavy atom. The van der Waals surface area contributed by atoms with E-state index in [1.807, 2.05) is 6.92 Å². The van der Waals surface area contributed by atoms with Gasteiger partial charge in [-0.3, -0.25) is 4.79 Å². The van der Waals surface area contributed by atoms with Crippen LogP contribution in [0.3, 0.4) is 0 Å². The molecule has 16 heavy (non-hydrogen) atoms. The number of β-amino-alcohol motifs (C(OH)–C–C–N with tert-alkyl or cyclic N) is 1. The lowest BCUT2D eigenvalue weighted by molar-refractivity contribution is -0.117. The van der Waals surface area contributed by atoms with Gasteiger partial charge < -0.3 is 15.7 Å². The molecule has 1 aliphatic rings. The number of hydrogen-bond donors (Lipinski definition) is 3. The van der Waals surface area contributed by atoms with Crippen LogP contribution in [0.5, 0.6) is 0 Å². The number of carbonyl (C=O) groups is 1. The summed E-state index contributed by atoms with van der Waals surface area (Å²) < 4.78 is 0. The first-order chi connectivity index (χ1) is 7.15. The lowest BCUT2D eigenvalue weighted by Crippen LogP contribution is -2.35. The van der Waals surface area contributed by atoms with Gasteiger partial charge in [0.2, 0.25) is 5.91 Å². The van der Waals surface area contributed by atoms with Crippen molar-refractivity contribution in [1.82, 2.24) is 10.3 Å². The Morgan fingerprint density at radius 1 is 1.75 bits per heavy atom. The number of amides is 1. The Morgan fingerprint density at radius 3 is 3.00 bits per heavy atom. The number of anilines is 1. The van der Waals surface area contributed by atoms with E-state index >= 15 is 0 Å². The van der Waals surface area contributed by atoms with E-state index in [-0.39, 0.29) is 24.4 Å². The molecule has 2 rings (SSSR count). The summed E-state index contributed by atoms with van der Waals surface area (Å²) in [5.74, 6) is -0.124. The third kappa shape index (κ3) is 3.15. The van der Waals surface area contributed by atoms with E-state index < -0.39 is 6.10 Å². The second kappa shape index (κ2) is 5.58. The highest BCUT2D eigenvalue weighted by molar-refractivity contribution is 7.15. The molecule has 0 unspecified atom stereocenters. The molecule has 1 fully saturated rings. The Bertz CT molecular complexity index is 371. The number of aliphatic hydroxyl groups is 1. The maximum absolute atomic E-state index is 11.7. The topological polar surface area (TPSA) is 74.2 Å². The van der Waals surface area contributed by atoms with Gasteiger partial charge in [0, 0.05) is 17.6 Å². The fraction of sp³-hybridized carbons (Fsp3) is 0.556. The number of nitrogens with zero attached hydrogens (tertiary/aromatic N) is 1. The monoisotopic (exact) mass is 263 g/mol. The summed E-state index contributed by atoms with van der Waals surface area (Å²) in [6, 6.07) is -0.302. The maximum Gasteiger partial charge on any atom is 0.243 e. The van der Waals surface area contributed by atoms with Crippen LogP contribution in [0.15, 0.2) is 6.20 Å². The van der Waals surface area contributed by atoms with E-state index in [0.29, 0.717) is 18.1 Å². The van der Waals surface area contributed by atoms with Crippen LogP contribution in [0, 0.1) is 6.92 Å². The highest BCUT2D eigenvalue weighted by Crippen LogP contribution is 2.17. The number of halogens is 1. The van der Waals surface area contributed by atoms with Crippen LogP contribution in [-0.4, -0.2) is 34.7 Å². The molecule has 0 radical (unpaired) electrons.